The van der Waals surface area contributed by atoms with Gasteiger partial charge in [0.2, 0.25) is 5.91 Å². The molecule has 0 aliphatic carbocycles. The minimum atomic E-state index is -0.891. The number of hydrogen-bond donors (Lipinski definition) is 3. The van der Waals surface area contributed by atoms with Crippen LogP contribution in [0.1, 0.15) is 168 Å². The molecule has 2 atom stereocenters. The summed E-state index contributed by atoms with van der Waals surface area (Å²) in [5.74, 6) is -0.123. The molecule has 0 heterocycles. The Labute approximate surface area is 297 Å². The summed E-state index contributed by atoms with van der Waals surface area (Å²) < 4.78 is 0. The van der Waals surface area contributed by atoms with Gasteiger partial charge < -0.3 is 15.5 Å². The van der Waals surface area contributed by atoms with Crippen molar-refractivity contribution < 1.29 is 15.0 Å². The standard InChI is InChI=1S/C44H75NO3/c1-3-5-7-9-11-13-15-17-19-20-21-22-23-24-26-27-29-31-33-35-37-39-43(47)42(41-46)45-44(48)40-38-36-34-32-30-28-25-18-16-14-12-10-8-6-4-2/h6,8,12,14,18,23-25,29-32,37,39,42-43,46-47H,3-5,7,9-11,13,15-17,19-22,26-28,33-36,38,40-41H2,1-2H3,(H,45,48)/b8-6-,14-12-,24-23+,25-18-,31-29+,32-30-,39-37+. The lowest BCUT2D eigenvalue weighted by molar-refractivity contribution is -0.123. The zero-order chi connectivity index (χ0) is 35.0. The number of rotatable bonds is 34. The first kappa shape index (κ1) is 45.6. The largest absolute Gasteiger partial charge is 0.394 e. The maximum atomic E-state index is 12.3. The molecule has 4 heteroatoms. The van der Waals surface area contributed by atoms with Gasteiger partial charge in [-0.1, -0.05) is 163 Å². The van der Waals surface area contributed by atoms with Gasteiger partial charge in [0.1, 0.15) is 0 Å². The van der Waals surface area contributed by atoms with Crippen molar-refractivity contribution in [2.45, 2.75) is 180 Å². The molecule has 274 valence electrons. The number of carbonyl (C=O) groups is 1. The Morgan fingerprint density at radius 2 is 0.938 bits per heavy atom. The third-order valence-electron chi connectivity index (χ3n) is 8.34. The van der Waals surface area contributed by atoms with Crippen molar-refractivity contribution >= 4 is 5.91 Å². The fraction of sp³-hybridized carbons (Fsp3) is 0.659. The molecule has 0 saturated carbocycles. The SMILES string of the molecule is CC/C=C\C/C=C\C/C=C\C/C=C\CCCCC(=O)NC(CO)C(O)/C=C/CC/C=C/CC/C=C/CCCCCCCCCCCCC. The molecule has 0 aromatic rings. The highest BCUT2D eigenvalue weighted by molar-refractivity contribution is 5.76. The van der Waals surface area contributed by atoms with E-state index in [9.17, 15) is 15.0 Å². The highest BCUT2D eigenvalue weighted by Crippen LogP contribution is 2.12. The number of nitrogens with one attached hydrogen (secondary N) is 1. The first-order valence-corrected chi connectivity index (χ1v) is 19.8. The van der Waals surface area contributed by atoms with Crippen molar-refractivity contribution in [3.05, 3.63) is 85.1 Å². The maximum absolute atomic E-state index is 12.3. The molecule has 0 aliphatic heterocycles. The van der Waals surface area contributed by atoms with Crippen LogP contribution in [0.5, 0.6) is 0 Å². The summed E-state index contributed by atoms with van der Waals surface area (Å²) in [6.45, 7) is 4.14. The van der Waals surface area contributed by atoms with E-state index in [1.807, 2.05) is 6.08 Å². The van der Waals surface area contributed by atoms with Crippen LogP contribution in [-0.4, -0.2) is 34.9 Å². The average molecular weight is 666 g/mol. The Bertz CT molecular complexity index is 895. The van der Waals surface area contributed by atoms with E-state index in [1.165, 1.54) is 77.0 Å². The number of amides is 1. The van der Waals surface area contributed by atoms with Gasteiger partial charge in [-0.2, -0.15) is 0 Å². The molecule has 0 bridgehead atoms. The molecule has 0 aromatic heterocycles. The summed E-state index contributed by atoms with van der Waals surface area (Å²) in [6, 6.07) is -0.671. The fourth-order valence-electron chi connectivity index (χ4n) is 5.32. The van der Waals surface area contributed by atoms with E-state index in [0.29, 0.717) is 6.42 Å². The van der Waals surface area contributed by atoms with Gasteiger partial charge in [-0.3, -0.25) is 4.79 Å². The molecule has 0 spiro atoms. The first-order chi connectivity index (χ1) is 23.7. The zero-order valence-corrected chi connectivity index (χ0v) is 31.2. The van der Waals surface area contributed by atoms with Crippen LogP contribution in [0, 0.1) is 0 Å². The second-order valence-corrected chi connectivity index (χ2v) is 12.9. The lowest BCUT2D eigenvalue weighted by Crippen LogP contribution is -2.45. The summed E-state index contributed by atoms with van der Waals surface area (Å²) >= 11 is 0. The van der Waals surface area contributed by atoms with Gasteiger partial charge in [-0.05, 0) is 83.5 Å². The molecule has 0 fully saturated rings. The predicted octanol–water partition coefficient (Wildman–Crippen LogP) is 12.1. The van der Waals surface area contributed by atoms with Crippen LogP contribution in [0.3, 0.4) is 0 Å². The van der Waals surface area contributed by atoms with Crippen LogP contribution >= 0.6 is 0 Å². The van der Waals surface area contributed by atoms with Gasteiger partial charge in [-0.15, -0.1) is 0 Å². The normalized spacial score (nSPS) is 14.0. The van der Waals surface area contributed by atoms with Crippen molar-refractivity contribution in [3.63, 3.8) is 0 Å². The lowest BCUT2D eigenvalue weighted by Gasteiger charge is -2.19. The Hall–Kier alpha value is -2.43. The molecule has 0 saturated heterocycles. The van der Waals surface area contributed by atoms with Crippen molar-refractivity contribution in [2.24, 2.45) is 0 Å². The molecule has 1 amide bonds. The quantitative estimate of drug-likeness (QED) is 0.0473. The Morgan fingerprint density at radius 1 is 0.521 bits per heavy atom. The van der Waals surface area contributed by atoms with E-state index in [1.54, 1.807) is 6.08 Å². The summed E-state index contributed by atoms with van der Waals surface area (Å²) in [5, 5.41) is 22.9. The molecule has 4 nitrogen and oxygen atoms in total. The topological polar surface area (TPSA) is 69.6 Å². The molecule has 0 aliphatic rings. The Morgan fingerprint density at radius 3 is 1.46 bits per heavy atom. The molecular formula is C44H75NO3. The molecule has 0 rings (SSSR count). The fourth-order valence-corrected chi connectivity index (χ4v) is 5.32. The molecule has 3 N–H and O–H groups in total. The van der Waals surface area contributed by atoms with Crippen LogP contribution in [0.2, 0.25) is 0 Å². The molecular weight excluding hydrogens is 590 g/mol. The van der Waals surface area contributed by atoms with E-state index >= 15 is 0 Å². The molecule has 2 unspecified atom stereocenters. The van der Waals surface area contributed by atoms with Crippen LogP contribution in [0.15, 0.2) is 85.1 Å². The van der Waals surface area contributed by atoms with E-state index in [2.05, 4.69) is 92.1 Å². The number of carbonyl (C=O) groups excluding carboxylic acids is 1. The van der Waals surface area contributed by atoms with Gasteiger partial charge in [0.05, 0.1) is 18.8 Å². The van der Waals surface area contributed by atoms with Crippen LogP contribution < -0.4 is 5.32 Å². The number of aliphatic hydroxyl groups excluding tert-OH is 2. The van der Waals surface area contributed by atoms with Crippen LogP contribution in [0.4, 0.5) is 0 Å². The summed E-state index contributed by atoms with van der Waals surface area (Å²) in [7, 11) is 0. The van der Waals surface area contributed by atoms with Crippen molar-refractivity contribution in [1.29, 1.82) is 0 Å². The highest BCUT2D eigenvalue weighted by atomic mass is 16.3. The summed E-state index contributed by atoms with van der Waals surface area (Å²) in [4.78, 5) is 12.3. The second kappa shape index (κ2) is 39.0. The van der Waals surface area contributed by atoms with Gasteiger partial charge in [0.25, 0.3) is 0 Å². The van der Waals surface area contributed by atoms with Crippen molar-refractivity contribution in [3.8, 4) is 0 Å². The Kier molecular flexibility index (Phi) is 37.0. The average Bonchev–Trinajstić information content (AvgIpc) is 3.09. The Balaban J connectivity index is 3.77. The zero-order valence-electron chi connectivity index (χ0n) is 31.2. The van der Waals surface area contributed by atoms with Gasteiger partial charge in [0, 0.05) is 6.42 Å². The monoisotopic (exact) mass is 666 g/mol. The lowest BCUT2D eigenvalue weighted by atomic mass is 10.1. The van der Waals surface area contributed by atoms with Crippen molar-refractivity contribution in [1.82, 2.24) is 5.32 Å². The highest BCUT2D eigenvalue weighted by Gasteiger charge is 2.17. The van der Waals surface area contributed by atoms with E-state index in [0.717, 1.165) is 70.6 Å². The third-order valence-corrected chi connectivity index (χ3v) is 8.34. The van der Waals surface area contributed by atoms with E-state index in [-0.39, 0.29) is 12.5 Å². The van der Waals surface area contributed by atoms with E-state index < -0.39 is 12.1 Å². The van der Waals surface area contributed by atoms with Gasteiger partial charge >= 0.3 is 0 Å². The number of aliphatic hydroxyl groups is 2. The molecule has 0 radical (unpaired) electrons. The van der Waals surface area contributed by atoms with E-state index in [4.69, 9.17) is 0 Å². The number of unbranched alkanes of at least 4 members (excludes halogenated alkanes) is 15. The van der Waals surface area contributed by atoms with Gasteiger partial charge in [0.15, 0.2) is 0 Å². The smallest absolute Gasteiger partial charge is 0.220 e. The first-order valence-electron chi connectivity index (χ1n) is 19.8. The predicted molar refractivity (Wildman–Crippen MR) is 211 cm³/mol. The van der Waals surface area contributed by atoms with Crippen molar-refractivity contribution in [2.75, 3.05) is 6.61 Å². The van der Waals surface area contributed by atoms with Crippen LogP contribution in [-0.2, 0) is 4.79 Å². The number of hydrogen-bond acceptors (Lipinski definition) is 3. The van der Waals surface area contributed by atoms with Gasteiger partial charge in [-0.25, -0.2) is 0 Å². The number of allylic oxidation sites excluding steroid dienone is 13. The second-order valence-electron chi connectivity index (χ2n) is 12.9. The third kappa shape index (κ3) is 34.9. The maximum Gasteiger partial charge on any atom is 0.220 e. The summed E-state index contributed by atoms with van der Waals surface area (Å²) in [6.07, 6.45) is 56.8. The van der Waals surface area contributed by atoms with Crippen LogP contribution in [0.25, 0.3) is 0 Å². The molecule has 48 heavy (non-hydrogen) atoms. The summed E-state index contributed by atoms with van der Waals surface area (Å²) in [5.41, 5.74) is 0. The molecule has 0 aromatic carbocycles. The minimum Gasteiger partial charge on any atom is -0.394 e. The minimum absolute atomic E-state index is 0.123.